The maximum Gasteiger partial charge on any atom is 0.243 e. The van der Waals surface area contributed by atoms with Crippen molar-refractivity contribution in [3.8, 4) is 5.75 Å². The van der Waals surface area contributed by atoms with Crippen LogP contribution in [0.5, 0.6) is 5.75 Å². The van der Waals surface area contributed by atoms with Gasteiger partial charge in [-0.15, -0.1) is 0 Å². The number of anilines is 3. The highest BCUT2D eigenvalue weighted by Crippen LogP contribution is 2.25. The van der Waals surface area contributed by atoms with Gasteiger partial charge >= 0.3 is 0 Å². The van der Waals surface area contributed by atoms with Crippen LogP contribution in [0.25, 0.3) is 0 Å². The van der Waals surface area contributed by atoms with Gasteiger partial charge in [0.25, 0.3) is 0 Å². The second-order valence-corrected chi connectivity index (χ2v) is 7.86. The van der Waals surface area contributed by atoms with Crippen LogP contribution >= 0.6 is 11.6 Å². The molecule has 6 nitrogen and oxygen atoms in total. The molecule has 0 spiro atoms. The first kappa shape index (κ1) is 23.5. The summed E-state index contributed by atoms with van der Waals surface area (Å²) >= 11 is 6.21. The number of benzene rings is 2. The van der Waals surface area contributed by atoms with Gasteiger partial charge in [0.1, 0.15) is 5.75 Å². The van der Waals surface area contributed by atoms with E-state index < -0.39 is 0 Å². The van der Waals surface area contributed by atoms with Crippen molar-refractivity contribution in [1.29, 1.82) is 0 Å². The van der Waals surface area contributed by atoms with Crippen molar-refractivity contribution >= 4 is 40.5 Å². The van der Waals surface area contributed by atoms with Crippen molar-refractivity contribution in [2.45, 2.75) is 40.0 Å². The summed E-state index contributed by atoms with van der Waals surface area (Å²) in [6, 6.07) is 12.4. The zero-order valence-electron chi connectivity index (χ0n) is 17.8. The topological polar surface area (TPSA) is 79.5 Å². The largest absolute Gasteiger partial charge is 0.494 e. The lowest BCUT2D eigenvalue weighted by Gasteiger charge is -2.12. The summed E-state index contributed by atoms with van der Waals surface area (Å²) in [5.41, 5.74) is 1.87. The third-order valence-electron chi connectivity index (χ3n) is 4.25. The van der Waals surface area contributed by atoms with Crippen LogP contribution in [0, 0.1) is 5.92 Å². The number of nitrogens with one attached hydrogen (secondary N) is 3. The lowest BCUT2D eigenvalue weighted by atomic mass is 10.1. The van der Waals surface area contributed by atoms with E-state index in [2.05, 4.69) is 29.8 Å². The van der Waals surface area contributed by atoms with Gasteiger partial charge in [0.2, 0.25) is 11.8 Å². The fourth-order valence-corrected chi connectivity index (χ4v) is 2.83. The molecule has 2 rings (SSSR count). The van der Waals surface area contributed by atoms with Crippen LogP contribution in [0.15, 0.2) is 42.5 Å². The quantitative estimate of drug-likeness (QED) is 0.435. The van der Waals surface area contributed by atoms with Gasteiger partial charge in [0, 0.05) is 23.9 Å². The predicted molar refractivity (Wildman–Crippen MR) is 124 cm³/mol. The molecule has 0 aliphatic rings. The average molecular weight is 432 g/mol. The molecule has 0 saturated carbocycles. The number of halogens is 1. The summed E-state index contributed by atoms with van der Waals surface area (Å²) in [4.78, 5) is 24.1. The van der Waals surface area contributed by atoms with E-state index in [1.165, 1.54) is 0 Å². The molecule has 0 bridgehead atoms. The van der Waals surface area contributed by atoms with Gasteiger partial charge in [-0.2, -0.15) is 0 Å². The molecule has 0 saturated heterocycles. The van der Waals surface area contributed by atoms with Gasteiger partial charge in [-0.3, -0.25) is 9.59 Å². The number of amides is 2. The number of rotatable bonds is 11. The van der Waals surface area contributed by atoms with Crippen LogP contribution in [-0.2, 0) is 9.59 Å². The average Bonchev–Trinajstić information content (AvgIpc) is 2.68. The van der Waals surface area contributed by atoms with E-state index >= 15 is 0 Å². The first-order chi connectivity index (χ1) is 14.4. The highest BCUT2D eigenvalue weighted by molar-refractivity contribution is 6.33. The van der Waals surface area contributed by atoms with E-state index in [0.29, 0.717) is 41.0 Å². The minimum atomic E-state index is -0.217. The summed E-state index contributed by atoms with van der Waals surface area (Å²) < 4.78 is 5.73. The van der Waals surface area contributed by atoms with Crippen molar-refractivity contribution in [2.75, 3.05) is 29.1 Å². The molecule has 0 aliphatic carbocycles. The van der Waals surface area contributed by atoms with Crippen molar-refractivity contribution in [1.82, 2.24) is 0 Å². The molecule has 0 atom stereocenters. The molecule has 0 aliphatic heterocycles. The van der Waals surface area contributed by atoms with E-state index in [4.69, 9.17) is 16.3 Å². The van der Waals surface area contributed by atoms with Gasteiger partial charge in [0.05, 0.1) is 23.9 Å². The summed E-state index contributed by atoms with van der Waals surface area (Å²) in [6.07, 6.45) is 2.20. The monoisotopic (exact) mass is 431 g/mol. The maximum atomic E-state index is 12.3. The molecular weight excluding hydrogens is 402 g/mol. The van der Waals surface area contributed by atoms with Crippen LogP contribution in [-0.4, -0.2) is 25.0 Å². The molecule has 0 aromatic heterocycles. The number of carbonyl (C=O) groups is 2. The van der Waals surface area contributed by atoms with Crippen molar-refractivity contribution in [2.24, 2.45) is 5.92 Å². The molecule has 30 heavy (non-hydrogen) atoms. The Morgan fingerprint density at radius 2 is 1.77 bits per heavy atom. The van der Waals surface area contributed by atoms with Crippen LogP contribution < -0.4 is 20.7 Å². The molecule has 162 valence electrons. The number of carbonyl (C=O) groups excluding carboxylic acids is 2. The standard InChI is InChI=1S/C23H30ClN3O3/c1-4-6-22(28)26-18-9-10-20(24)21(14-18)25-15-23(29)27-17-7-5-8-19(13-17)30-12-11-16(2)3/h5,7-10,13-14,16,25H,4,6,11-12,15H2,1-3H3,(H,26,28)(H,27,29). The fraction of sp³-hybridized carbons (Fsp3) is 0.391. The molecular formula is C23H30ClN3O3. The van der Waals surface area contributed by atoms with Crippen molar-refractivity contribution in [3.63, 3.8) is 0 Å². The maximum absolute atomic E-state index is 12.3. The highest BCUT2D eigenvalue weighted by Gasteiger charge is 2.08. The van der Waals surface area contributed by atoms with Gasteiger partial charge in [-0.1, -0.05) is 38.4 Å². The second kappa shape index (κ2) is 12.1. The van der Waals surface area contributed by atoms with Crippen molar-refractivity contribution in [3.05, 3.63) is 47.5 Å². The number of ether oxygens (including phenoxy) is 1. The Morgan fingerprint density at radius 3 is 2.50 bits per heavy atom. The Kier molecular flexibility index (Phi) is 9.48. The molecule has 2 aromatic carbocycles. The smallest absolute Gasteiger partial charge is 0.243 e. The molecule has 2 amide bonds. The summed E-state index contributed by atoms with van der Waals surface area (Å²) in [5, 5.41) is 9.14. The number of hydrogen-bond donors (Lipinski definition) is 3. The van der Waals surface area contributed by atoms with Crippen LogP contribution in [0.4, 0.5) is 17.1 Å². The van der Waals surface area contributed by atoms with Gasteiger partial charge < -0.3 is 20.7 Å². The van der Waals surface area contributed by atoms with Crippen LogP contribution in [0.1, 0.15) is 40.0 Å². The Balaban J connectivity index is 1.89. The predicted octanol–water partition coefficient (Wildman–Crippen LogP) is 5.55. The van der Waals surface area contributed by atoms with Gasteiger partial charge in [0.15, 0.2) is 0 Å². The van der Waals surface area contributed by atoms with E-state index in [9.17, 15) is 9.59 Å². The van der Waals surface area contributed by atoms with E-state index in [1.807, 2.05) is 25.1 Å². The molecule has 0 radical (unpaired) electrons. The van der Waals surface area contributed by atoms with Crippen LogP contribution in [0.3, 0.4) is 0 Å². The highest BCUT2D eigenvalue weighted by atomic mass is 35.5. The van der Waals surface area contributed by atoms with E-state index in [0.717, 1.165) is 18.6 Å². The minimum Gasteiger partial charge on any atom is -0.494 e. The molecule has 3 N–H and O–H groups in total. The summed E-state index contributed by atoms with van der Waals surface area (Å²) in [6.45, 7) is 6.91. The SMILES string of the molecule is CCCC(=O)Nc1ccc(Cl)c(NCC(=O)Nc2cccc(OCCC(C)C)c2)c1. The van der Waals surface area contributed by atoms with Crippen molar-refractivity contribution < 1.29 is 14.3 Å². The summed E-state index contributed by atoms with van der Waals surface area (Å²) in [7, 11) is 0. The third-order valence-corrected chi connectivity index (χ3v) is 4.58. The first-order valence-electron chi connectivity index (χ1n) is 10.2. The lowest BCUT2D eigenvalue weighted by Crippen LogP contribution is -2.22. The lowest BCUT2D eigenvalue weighted by molar-refractivity contribution is -0.116. The Labute approximate surface area is 183 Å². The molecule has 0 unspecified atom stereocenters. The zero-order valence-corrected chi connectivity index (χ0v) is 18.5. The van der Waals surface area contributed by atoms with E-state index in [-0.39, 0.29) is 18.4 Å². The Hall–Kier alpha value is -2.73. The normalized spacial score (nSPS) is 10.6. The third kappa shape index (κ3) is 8.33. The zero-order chi connectivity index (χ0) is 21.9. The molecule has 7 heteroatoms. The molecule has 0 fully saturated rings. The molecule has 0 heterocycles. The van der Waals surface area contributed by atoms with Gasteiger partial charge in [-0.25, -0.2) is 0 Å². The minimum absolute atomic E-state index is 0.0323. The summed E-state index contributed by atoms with van der Waals surface area (Å²) in [5.74, 6) is 1.02. The molecule has 2 aromatic rings. The Bertz CT molecular complexity index is 855. The van der Waals surface area contributed by atoms with E-state index in [1.54, 1.807) is 24.3 Å². The fourth-order valence-electron chi connectivity index (χ4n) is 2.65. The van der Waals surface area contributed by atoms with Crippen LogP contribution in [0.2, 0.25) is 5.02 Å². The number of hydrogen-bond acceptors (Lipinski definition) is 4. The van der Waals surface area contributed by atoms with Gasteiger partial charge in [-0.05, 0) is 49.1 Å². The first-order valence-corrected chi connectivity index (χ1v) is 10.6. The second-order valence-electron chi connectivity index (χ2n) is 7.45. The Morgan fingerprint density at radius 1 is 1.03 bits per heavy atom.